The number of methoxy groups -OCH3 is 1. The molecule has 1 atom stereocenters. The molecule has 1 aliphatic carbocycles. The lowest BCUT2D eigenvalue weighted by Gasteiger charge is -2.34. The molecule has 3 aromatic rings. The van der Waals surface area contributed by atoms with Crippen LogP contribution in [-0.4, -0.2) is 36.1 Å². The lowest BCUT2D eigenvalue weighted by Crippen LogP contribution is -2.27. The number of ether oxygens (including phenoxy) is 2. The number of benzene rings is 1. The first-order chi connectivity index (χ1) is 16.1. The van der Waals surface area contributed by atoms with E-state index in [1.165, 1.54) is 11.6 Å². The summed E-state index contributed by atoms with van der Waals surface area (Å²) in [5.74, 6) is 1.34. The summed E-state index contributed by atoms with van der Waals surface area (Å²) in [6.45, 7) is 3.21. The first-order valence-electron chi connectivity index (χ1n) is 11.7. The Bertz CT molecular complexity index is 1080. The zero-order valence-electron chi connectivity index (χ0n) is 19.3. The fourth-order valence-electron chi connectivity index (χ4n) is 5.05. The van der Waals surface area contributed by atoms with Gasteiger partial charge in [-0.05, 0) is 86.3 Å². The third-order valence-electron chi connectivity index (χ3n) is 6.87. The quantitative estimate of drug-likeness (QED) is 0.376. The van der Waals surface area contributed by atoms with Crippen LogP contribution in [0.15, 0.2) is 48.8 Å². The van der Waals surface area contributed by atoms with Gasteiger partial charge >= 0.3 is 0 Å². The van der Waals surface area contributed by atoms with Gasteiger partial charge in [0.1, 0.15) is 5.82 Å². The average molecular weight is 451 g/mol. The summed E-state index contributed by atoms with van der Waals surface area (Å²) < 4.78 is 24.7. The normalized spacial score (nSPS) is 19.4. The van der Waals surface area contributed by atoms with Crippen molar-refractivity contribution < 1.29 is 18.7 Å². The van der Waals surface area contributed by atoms with E-state index in [-0.39, 0.29) is 17.5 Å². The minimum Gasteiger partial charge on any atom is -0.481 e. The molecule has 0 unspecified atom stereocenters. The van der Waals surface area contributed by atoms with Crippen molar-refractivity contribution in [3.8, 4) is 5.88 Å². The number of halogens is 1. The van der Waals surface area contributed by atoms with Crippen LogP contribution in [-0.2, 0) is 4.74 Å². The molecule has 0 amide bonds. The highest BCUT2D eigenvalue weighted by atomic mass is 19.1. The van der Waals surface area contributed by atoms with Crippen LogP contribution in [0.25, 0.3) is 10.9 Å². The highest BCUT2D eigenvalue weighted by Crippen LogP contribution is 2.41. The number of carbonyl (C=O) groups excluding carboxylic acids is 1. The van der Waals surface area contributed by atoms with E-state index < -0.39 is 0 Å². The summed E-state index contributed by atoms with van der Waals surface area (Å²) in [5, 5.41) is 0.911. The number of hydrogen-bond acceptors (Lipinski definition) is 5. The second-order valence-electron chi connectivity index (χ2n) is 8.81. The Hall–Kier alpha value is -2.86. The topological polar surface area (TPSA) is 61.3 Å². The predicted octanol–water partition coefficient (Wildman–Crippen LogP) is 5.98. The molecule has 4 rings (SSSR count). The summed E-state index contributed by atoms with van der Waals surface area (Å²) in [5.41, 5.74) is 2.62. The second kappa shape index (κ2) is 10.8. The van der Waals surface area contributed by atoms with Gasteiger partial charge in [-0.1, -0.05) is 0 Å². The molecule has 1 aromatic carbocycles. The van der Waals surface area contributed by atoms with Crippen molar-refractivity contribution in [2.24, 2.45) is 11.8 Å². The first kappa shape index (κ1) is 23.3. The van der Waals surface area contributed by atoms with Crippen molar-refractivity contribution in [2.45, 2.75) is 44.9 Å². The molecular weight excluding hydrogens is 419 g/mol. The molecule has 0 bridgehead atoms. The van der Waals surface area contributed by atoms with Crippen LogP contribution in [0.1, 0.15) is 60.9 Å². The molecule has 1 aliphatic rings. The molecule has 0 aliphatic heterocycles. The first-order valence-corrected chi connectivity index (χ1v) is 11.7. The molecule has 0 N–H and O–H groups in total. The summed E-state index contributed by atoms with van der Waals surface area (Å²) in [6, 6.07) is 10.3. The molecule has 2 aromatic heterocycles. The van der Waals surface area contributed by atoms with E-state index >= 15 is 0 Å². The third-order valence-corrected chi connectivity index (χ3v) is 6.87. The molecule has 1 fully saturated rings. The van der Waals surface area contributed by atoms with Gasteiger partial charge in [0.15, 0.2) is 5.78 Å². The van der Waals surface area contributed by atoms with Crippen LogP contribution in [0.3, 0.4) is 0 Å². The van der Waals surface area contributed by atoms with Crippen LogP contribution >= 0.6 is 0 Å². The highest BCUT2D eigenvalue weighted by molar-refractivity contribution is 5.96. The maximum absolute atomic E-state index is 13.9. The Morgan fingerprint density at radius 3 is 2.64 bits per heavy atom. The molecule has 33 heavy (non-hydrogen) atoms. The van der Waals surface area contributed by atoms with Gasteiger partial charge in [-0.3, -0.25) is 9.78 Å². The minimum atomic E-state index is -0.228. The van der Waals surface area contributed by atoms with E-state index in [1.54, 1.807) is 37.6 Å². The van der Waals surface area contributed by atoms with E-state index in [9.17, 15) is 9.18 Å². The molecule has 5 nitrogen and oxygen atoms in total. The zero-order valence-corrected chi connectivity index (χ0v) is 19.3. The number of carbonyl (C=O) groups is 1. The van der Waals surface area contributed by atoms with Crippen LogP contribution < -0.4 is 4.74 Å². The van der Waals surface area contributed by atoms with Crippen molar-refractivity contribution in [1.29, 1.82) is 0 Å². The van der Waals surface area contributed by atoms with Crippen molar-refractivity contribution in [1.82, 2.24) is 9.97 Å². The van der Waals surface area contributed by atoms with Gasteiger partial charge < -0.3 is 9.47 Å². The number of aromatic nitrogens is 2. The zero-order chi connectivity index (χ0) is 23.2. The van der Waals surface area contributed by atoms with Gasteiger partial charge in [-0.25, -0.2) is 9.37 Å². The van der Waals surface area contributed by atoms with Gasteiger partial charge in [0.2, 0.25) is 5.88 Å². The number of hydrogen-bond donors (Lipinski definition) is 0. The number of pyridine rings is 2. The maximum atomic E-state index is 13.9. The SMILES string of the molecule is CCOC[C@@H](CC(=O)c1ccc(OC)nc1)C1CCC(c2ccnc3ccc(F)cc23)CC1. The van der Waals surface area contributed by atoms with Crippen molar-refractivity contribution >= 4 is 16.7 Å². The Kier molecular flexibility index (Phi) is 7.65. The van der Waals surface area contributed by atoms with Gasteiger partial charge in [0, 0.05) is 42.4 Å². The average Bonchev–Trinajstić information content (AvgIpc) is 2.86. The molecular formula is C27H31FN2O3. The van der Waals surface area contributed by atoms with Crippen LogP contribution in [0.2, 0.25) is 0 Å². The van der Waals surface area contributed by atoms with Gasteiger partial charge in [-0.15, -0.1) is 0 Å². The summed E-state index contributed by atoms with van der Waals surface area (Å²) >= 11 is 0. The fraction of sp³-hybridized carbons (Fsp3) is 0.444. The number of nitrogens with zero attached hydrogens (tertiary/aromatic N) is 2. The monoisotopic (exact) mass is 450 g/mol. The van der Waals surface area contributed by atoms with Crippen molar-refractivity contribution in [3.63, 3.8) is 0 Å². The predicted molar refractivity (Wildman–Crippen MR) is 126 cm³/mol. The largest absolute Gasteiger partial charge is 0.481 e. The number of rotatable bonds is 9. The highest BCUT2D eigenvalue weighted by Gasteiger charge is 2.30. The molecule has 1 saturated carbocycles. The van der Waals surface area contributed by atoms with Gasteiger partial charge in [-0.2, -0.15) is 0 Å². The third kappa shape index (κ3) is 5.56. The fourth-order valence-corrected chi connectivity index (χ4v) is 5.05. The standard InChI is InChI=1S/C27H31FN2O3/c1-3-33-17-21(14-26(31)20-8-11-27(32-2)30-16-20)18-4-6-19(7-5-18)23-12-13-29-25-10-9-22(28)15-24(23)25/h8-13,15-16,18-19,21H,3-7,14,17H2,1-2H3/t18?,19?,21-/m1/s1. The Labute approximate surface area is 194 Å². The lowest BCUT2D eigenvalue weighted by atomic mass is 9.72. The van der Waals surface area contributed by atoms with E-state index in [4.69, 9.17) is 9.47 Å². The number of fused-ring (bicyclic) bond motifs is 1. The summed E-state index contributed by atoms with van der Waals surface area (Å²) in [6.07, 6.45) is 7.94. The number of ketones is 1. The Balaban J connectivity index is 1.44. The van der Waals surface area contributed by atoms with E-state index in [2.05, 4.69) is 9.97 Å². The lowest BCUT2D eigenvalue weighted by molar-refractivity contribution is 0.0612. The molecule has 0 radical (unpaired) electrons. The number of Topliss-reactive ketones (excluding diaryl/α,β-unsaturated/α-hetero) is 1. The van der Waals surface area contributed by atoms with Crippen LogP contribution in [0, 0.1) is 17.7 Å². The molecule has 0 saturated heterocycles. The molecule has 2 heterocycles. The minimum absolute atomic E-state index is 0.0904. The molecule has 0 spiro atoms. The van der Waals surface area contributed by atoms with E-state index in [0.29, 0.717) is 42.9 Å². The van der Waals surface area contributed by atoms with E-state index in [0.717, 1.165) is 36.6 Å². The maximum Gasteiger partial charge on any atom is 0.212 e. The molecule has 6 heteroatoms. The van der Waals surface area contributed by atoms with Gasteiger partial charge in [0.05, 0.1) is 19.2 Å². The Morgan fingerprint density at radius 1 is 1.12 bits per heavy atom. The Morgan fingerprint density at radius 2 is 1.94 bits per heavy atom. The van der Waals surface area contributed by atoms with E-state index in [1.807, 2.05) is 19.2 Å². The van der Waals surface area contributed by atoms with Gasteiger partial charge in [0.25, 0.3) is 0 Å². The smallest absolute Gasteiger partial charge is 0.212 e. The second-order valence-corrected chi connectivity index (χ2v) is 8.81. The van der Waals surface area contributed by atoms with Crippen molar-refractivity contribution in [3.05, 3.63) is 65.7 Å². The van der Waals surface area contributed by atoms with Crippen LogP contribution in [0.4, 0.5) is 4.39 Å². The van der Waals surface area contributed by atoms with Crippen molar-refractivity contribution in [2.75, 3.05) is 20.3 Å². The summed E-state index contributed by atoms with van der Waals surface area (Å²) in [4.78, 5) is 21.5. The summed E-state index contributed by atoms with van der Waals surface area (Å²) in [7, 11) is 1.56. The molecule has 174 valence electrons. The van der Waals surface area contributed by atoms with Crippen LogP contribution in [0.5, 0.6) is 5.88 Å².